The largest absolute Gasteiger partial charge is 0.344 e. The number of carbonyl (C=O) groups is 1. The number of hydrogen-bond acceptors (Lipinski definition) is 3. The van der Waals surface area contributed by atoms with Crippen LogP contribution in [0.4, 0.5) is 0 Å². The number of halogens is 1. The summed E-state index contributed by atoms with van der Waals surface area (Å²) in [6, 6.07) is 15.5. The first-order valence-electron chi connectivity index (χ1n) is 8.20. The van der Waals surface area contributed by atoms with Crippen LogP contribution in [0.2, 0.25) is 5.02 Å². The standard InChI is InChI=1S/C19H17ClN4O/c1-12-18(22-23-24(12)15-9-7-14(20)8-10-15)19(25)21-17-11-6-13-4-2-3-5-16(13)17/h2-5,7-10,17H,6,11H2,1H3,(H,21,25)/t17-/m1/s1. The molecule has 3 aromatic rings. The molecule has 2 aromatic carbocycles. The van der Waals surface area contributed by atoms with E-state index >= 15 is 0 Å². The van der Waals surface area contributed by atoms with Gasteiger partial charge < -0.3 is 5.32 Å². The quantitative estimate of drug-likeness (QED) is 0.782. The fraction of sp³-hybridized carbons (Fsp3) is 0.211. The smallest absolute Gasteiger partial charge is 0.274 e. The molecule has 4 rings (SSSR count). The Morgan fingerprint density at radius 1 is 1.20 bits per heavy atom. The van der Waals surface area contributed by atoms with E-state index in [0.29, 0.717) is 16.4 Å². The number of fused-ring (bicyclic) bond motifs is 1. The molecular weight excluding hydrogens is 336 g/mol. The SMILES string of the molecule is Cc1c(C(=O)N[C@@H]2CCc3ccccc32)nnn1-c1ccc(Cl)cc1. The number of nitrogens with zero attached hydrogens (tertiary/aromatic N) is 3. The number of aromatic nitrogens is 3. The number of carbonyl (C=O) groups excluding carboxylic acids is 1. The third-order valence-corrected chi connectivity index (χ3v) is 4.87. The molecule has 0 saturated carbocycles. The van der Waals surface area contributed by atoms with Crippen LogP contribution < -0.4 is 5.32 Å². The Labute approximate surface area is 150 Å². The van der Waals surface area contributed by atoms with Crippen molar-refractivity contribution in [2.75, 3.05) is 0 Å². The lowest BCUT2D eigenvalue weighted by Crippen LogP contribution is -2.28. The highest BCUT2D eigenvalue weighted by Crippen LogP contribution is 2.31. The average molecular weight is 353 g/mol. The van der Waals surface area contributed by atoms with E-state index in [4.69, 9.17) is 11.6 Å². The van der Waals surface area contributed by atoms with Crippen molar-refractivity contribution in [1.82, 2.24) is 20.3 Å². The van der Waals surface area contributed by atoms with E-state index in [1.54, 1.807) is 16.8 Å². The third kappa shape index (κ3) is 2.91. The number of nitrogens with one attached hydrogen (secondary N) is 1. The maximum Gasteiger partial charge on any atom is 0.274 e. The molecular formula is C19H17ClN4O. The molecule has 1 aliphatic rings. The lowest BCUT2D eigenvalue weighted by Gasteiger charge is -2.13. The lowest BCUT2D eigenvalue weighted by atomic mass is 10.1. The van der Waals surface area contributed by atoms with E-state index in [-0.39, 0.29) is 11.9 Å². The molecule has 1 aliphatic carbocycles. The summed E-state index contributed by atoms with van der Waals surface area (Å²) in [5, 5.41) is 11.9. The number of aryl methyl sites for hydroxylation is 1. The molecule has 0 spiro atoms. The van der Waals surface area contributed by atoms with Crippen molar-refractivity contribution >= 4 is 17.5 Å². The topological polar surface area (TPSA) is 59.8 Å². The summed E-state index contributed by atoms with van der Waals surface area (Å²) in [5.74, 6) is -0.195. The Morgan fingerprint density at radius 3 is 2.76 bits per heavy atom. The highest BCUT2D eigenvalue weighted by atomic mass is 35.5. The maximum atomic E-state index is 12.7. The second kappa shape index (κ2) is 6.33. The molecule has 1 atom stereocenters. The minimum Gasteiger partial charge on any atom is -0.344 e. The van der Waals surface area contributed by atoms with Crippen molar-refractivity contribution in [1.29, 1.82) is 0 Å². The zero-order chi connectivity index (χ0) is 17.4. The number of benzene rings is 2. The zero-order valence-electron chi connectivity index (χ0n) is 13.7. The predicted octanol–water partition coefficient (Wildman–Crippen LogP) is 3.65. The summed E-state index contributed by atoms with van der Waals surface area (Å²) in [6.45, 7) is 1.84. The normalized spacial score (nSPS) is 15.8. The van der Waals surface area contributed by atoms with Gasteiger partial charge in [0.25, 0.3) is 5.91 Å². The lowest BCUT2D eigenvalue weighted by molar-refractivity contribution is 0.0931. The fourth-order valence-corrected chi connectivity index (χ4v) is 3.43. The van der Waals surface area contributed by atoms with Crippen LogP contribution in [0.15, 0.2) is 48.5 Å². The van der Waals surface area contributed by atoms with Gasteiger partial charge >= 0.3 is 0 Å². The Morgan fingerprint density at radius 2 is 1.96 bits per heavy atom. The molecule has 0 fully saturated rings. The van der Waals surface area contributed by atoms with Crippen LogP contribution in [0, 0.1) is 6.92 Å². The van der Waals surface area contributed by atoms with Crippen LogP contribution in [-0.4, -0.2) is 20.9 Å². The van der Waals surface area contributed by atoms with Gasteiger partial charge in [-0.15, -0.1) is 5.10 Å². The molecule has 0 radical (unpaired) electrons. The number of amides is 1. The summed E-state index contributed by atoms with van der Waals surface area (Å²) in [6.07, 6.45) is 1.90. The van der Waals surface area contributed by atoms with Gasteiger partial charge in [-0.25, -0.2) is 4.68 Å². The Kier molecular flexibility index (Phi) is 4.01. The van der Waals surface area contributed by atoms with Crippen molar-refractivity contribution in [2.45, 2.75) is 25.8 Å². The number of rotatable bonds is 3. The molecule has 0 saturated heterocycles. The Balaban J connectivity index is 1.57. The van der Waals surface area contributed by atoms with Crippen LogP contribution >= 0.6 is 11.6 Å². The number of hydrogen-bond donors (Lipinski definition) is 1. The van der Waals surface area contributed by atoms with Gasteiger partial charge in [-0.2, -0.15) is 0 Å². The first-order valence-corrected chi connectivity index (χ1v) is 8.58. The van der Waals surface area contributed by atoms with Gasteiger partial charge in [0, 0.05) is 5.02 Å². The molecule has 126 valence electrons. The minimum atomic E-state index is -0.195. The summed E-state index contributed by atoms with van der Waals surface area (Å²) in [5.41, 5.74) is 4.36. The van der Waals surface area contributed by atoms with E-state index in [1.165, 1.54) is 11.1 Å². The minimum absolute atomic E-state index is 0.0313. The van der Waals surface area contributed by atoms with Crippen LogP contribution in [0.1, 0.15) is 39.8 Å². The summed E-state index contributed by atoms with van der Waals surface area (Å²) in [7, 11) is 0. The predicted molar refractivity (Wildman–Crippen MR) is 96.1 cm³/mol. The van der Waals surface area contributed by atoms with E-state index in [2.05, 4.69) is 27.8 Å². The fourth-order valence-electron chi connectivity index (χ4n) is 3.30. The molecule has 5 nitrogen and oxygen atoms in total. The molecule has 0 unspecified atom stereocenters. The Bertz CT molecular complexity index is 933. The van der Waals surface area contributed by atoms with E-state index < -0.39 is 0 Å². The molecule has 1 amide bonds. The molecule has 25 heavy (non-hydrogen) atoms. The molecule has 1 aromatic heterocycles. The highest BCUT2D eigenvalue weighted by Gasteiger charge is 2.26. The maximum absolute atomic E-state index is 12.7. The second-order valence-electron chi connectivity index (χ2n) is 6.18. The summed E-state index contributed by atoms with van der Waals surface area (Å²) in [4.78, 5) is 12.7. The van der Waals surface area contributed by atoms with Crippen molar-refractivity contribution in [2.24, 2.45) is 0 Å². The first-order chi connectivity index (χ1) is 12.1. The van der Waals surface area contributed by atoms with Crippen LogP contribution in [0.25, 0.3) is 5.69 Å². The van der Waals surface area contributed by atoms with Gasteiger partial charge in [0.15, 0.2) is 5.69 Å². The van der Waals surface area contributed by atoms with E-state index in [0.717, 1.165) is 18.5 Å². The molecule has 0 aliphatic heterocycles. The van der Waals surface area contributed by atoms with Crippen LogP contribution in [0.5, 0.6) is 0 Å². The molecule has 1 N–H and O–H groups in total. The van der Waals surface area contributed by atoms with Crippen molar-refractivity contribution in [3.05, 3.63) is 76.1 Å². The van der Waals surface area contributed by atoms with Gasteiger partial charge in [-0.3, -0.25) is 4.79 Å². The van der Waals surface area contributed by atoms with Crippen molar-refractivity contribution < 1.29 is 4.79 Å². The zero-order valence-corrected chi connectivity index (χ0v) is 14.5. The third-order valence-electron chi connectivity index (χ3n) is 4.62. The van der Waals surface area contributed by atoms with Gasteiger partial charge in [0.05, 0.1) is 17.4 Å². The Hall–Kier alpha value is -2.66. The average Bonchev–Trinajstić information content (AvgIpc) is 3.20. The monoisotopic (exact) mass is 352 g/mol. The van der Waals surface area contributed by atoms with Gasteiger partial charge in [-0.05, 0) is 55.2 Å². The van der Waals surface area contributed by atoms with Crippen molar-refractivity contribution in [3.8, 4) is 5.69 Å². The summed E-state index contributed by atoms with van der Waals surface area (Å²) >= 11 is 5.92. The van der Waals surface area contributed by atoms with Gasteiger partial charge in [0.1, 0.15) is 0 Å². The highest BCUT2D eigenvalue weighted by molar-refractivity contribution is 6.30. The van der Waals surface area contributed by atoms with Crippen LogP contribution in [0.3, 0.4) is 0 Å². The molecule has 6 heteroatoms. The van der Waals surface area contributed by atoms with Crippen LogP contribution in [-0.2, 0) is 6.42 Å². The first kappa shape index (κ1) is 15.8. The van der Waals surface area contributed by atoms with Gasteiger partial charge in [-0.1, -0.05) is 41.1 Å². The van der Waals surface area contributed by atoms with E-state index in [9.17, 15) is 4.79 Å². The second-order valence-corrected chi connectivity index (χ2v) is 6.61. The van der Waals surface area contributed by atoms with Gasteiger partial charge in [0.2, 0.25) is 0 Å². The van der Waals surface area contributed by atoms with E-state index in [1.807, 2.05) is 31.2 Å². The van der Waals surface area contributed by atoms with Crippen molar-refractivity contribution in [3.63, 3.8) is 0 Å². The molecule has 0 bridgehead atoms. The molecule has 1 heterocycles. The summed E-state index contributed by atoms with van der Waals surface area (Å²) < 4.78 is 1.65.